The summed E-state index contributed by atoms with van der Waals surface area (Å²) in [6.07, 6.45) is 0.0280. The van der Waals surface area contributed by atoms with Crippen molar-refractivity contribution >= 4 is 27.5 Å². The first-order valence-corrected chi connectivity index (χ1v) is 7.86. The van der Waals surface area contributed by atoms with Gasteiger partial charge in [0.05, 0.1) is 5.69 Å². The number of amides is 1. The van der Waals surface area contributed by atoms with Crippen LogP contribution < -0.4 is 5.32 Å². The van der Waals surface area contributed by atoms with Gasteiger partial charge in [0.25, 0.3) is 0 Å². The van der Waals surface area contributed by atoms with E-state index in [0.717, 1.165) is 15.6 Å². The molecule has 0 aliphatic rings. The van der Waals surface area contributed by atoms with Crippen molar-refractivity contribution in [2.75, 3.05) is 5.32 Å². The fraction of sp³-hybridized carbons (Fsp3) is 0.118. The molecule has 3 aromatic rings. The maximum atomic E-state index is 12.1. The summed E-state index contributed by atoms with van der Waals surface area (Å²) in [6.45, 7) is 1.98. The number of para-hydroxylation sites is 1. The van der Waals surface area contributed by atoms with Crippen LogP contribution in [0.5, 0.6) is 0 Å². The van der Waals surface area contributed by atoms with Crippen LogP contribution in [0.25, 0.3) is 11.4 Å². The minimum atomic E-state index is -0.211. The van der Waals surface area contributed by atoms with Crippen LogP contribution >= 0.6 is 15.9 Å². The van der Waals surface area contributed by atoms with Crippen LogP contribution in [0.2, 0.25) is 0 Å². The standard InChI is InChI=1S/C17H14BrN3O2/c1-11-6-2-3-7-12(11)17-20-16(23-21-17)10-15(22)19-14-9-5-4-8-13(14)18/h2-9H,10H2,1H3,(H,19,22). The summed E-state index contributed by atoms with van der Waals surface area (Å²) in [4.78, 5) is 16.4. The Kier molecular flexibility index (Phi) is 4.52. The Bertz CT molecular complexity index is 845. The van der Waals surface area contributed by atoms with E-state index in [2.05, 4.69) is 31.4 Å². The summed E-state index contributed by atoms with van der Waals surface area (Å²) in [5.41, 5.74) is 2.65. The Morgan fingerprint density at radius 3 is 2.70 bits per heavy atom. The molecular formula is C17H14BrN3O2. The Balaban J connectivity index is 1.71. The van der Waals surface area contributed by atoms with Gasteiger partial charge < -0.3 is 9.84 Å². The van der Waals surface area contributed by atoms with Gasteiger partial charge in [-0.25, -0.2) is 0 Å². The first-order valence-electron chi connectivity index (χ1n) is 7.06. The Morgan fingerprint density at radius 2 is 1.91 bits per heavy atom. The highest BCUT2D eigenvalue weighted by Crippen LogP contribution is 2.22. The molecule has 0 radical (unpaired) electrons. The van der Waals surface area contributed by atoms with Crippen LogP contribution in [0.3, 0.4) is 0 Å². The van der Waals surface area contributed by atoms with E-state index in [-0.39, 0.29) is 18.2 Å². The molecule has 1 aromatic heterocycles. The lowest BCUT2D eigenvalue weighted by Gasteiger charge is -2.05. The number of aromatic nitrogens is 2. The molecule has 1 amide bonds. The largest absolute Gasteiger partial charge is 0.338 e. The minimum Gasteiger partial charge on any atom is -0.338 e. The van der Waals surface area contributed by atoms with Crippen molar-refractivity contribution < 1.29 is 9.32 Å². The summed E-state index contributed by atoms with van der Waals surface area (Å²) in [5.74, 6) is 0.566. The van der Waals surface area contributed by atoms with Crippen molar-refractivity contribution in [1.82, 2.24) is 10.1 Å². The van der Waals surface area contributed by atoms with Gasteiger partial charge in [0.15, 0.2) is 0 Å². The molecule has 0 saturated heterocycles. The number of carbonyl (C=O) groups excluding carboxylic acids is 1. The molecule has 0 aliphatic heterocycles. The van der Waals surface area contributed by atoms with E-state index in [4.69, 9.17) is 4.52 Å². The van der Waals surface area contributed by atoms with Crippen molar-refractivity contribution in [2.45, 2.75) is 13.3 Å². The number of halogens is 1. The quantitative estimate of drug-likeness (QED) is 0.752. The average Bonchev–Trinajstić information content (AvgIpc) is 2.98. The summed E-state index contributed by atoms with van der Waals surface area (Å²) >= 11 is 3.39. The molecule has 0 spiro atoms. The molecule has 1 heterocycles. The smallest absolute Gasteiger partial charge is 0.236 e. The molecule has 0 atom stereocenters. The normalized spacial score (nSPS) is 10.5. The SMILES string of the molecule is Cc1ccccc1-c1noc(CC(=O)Nc2ccccc2Br)n1. The zero-order chi connectivity index (χ0) is 16.2. The molecule has 3 rings (SSSR count). The third-order valence-corrected chi connectivity index (χ3v) is 4.01. The molecule has 23 heavy (non-hydrogen) atoms. The number of aryl methyl sites for hydroxylation is 1. The summed E-state index contributed by atoms with van der Waals surface area (Å²) in [6, 6.07) is 15.2. The van der Waals surface area contributed by atoms with Gasteiger partial charge >= 0.3 is 0 Å². The Labute approximate surface area is 141 Å². The lowest BCUT2D eigenvalue weighted by molar-refractivity contribution is -0.115. The van der Waals surface area contributed by atoms with E-state index in [1.807, 2.05) is 55.5 Å². The summed E-state index contributed by atoms with van der Waals surface area (Å²) < 4.78 is 6.00. The van der Waals surface area contributed by atoms with Crippen LogP contribution in [-0.4, -0.2) is 16.0 Å². The van der Waals surface area contributed by atoms with Crippen LogP contribution in [0.15, 0.2) is 57.5 Å². The maximum absolute atomic E-state index is 12.1. The molecule has 0 bridgehead atoms. The zero-order valence-corrected chi connectivity index (χ0v) is 14.0. The maximum Gasteiger partial charge on any atom is 0.236 e. The van der Waals surface area contributed by atoms with Crippen molar-refractivity contribution in [3.63, 3.8) is 0 Å². The van der Waals surface area contributed by atoms with Gasteiger partial charge in [-0.05, 0) is 40.5 Å². The fourth-order valence-electron chi connectivity index (χ4n) is 2.15. The second-order valence-electron chi connectivity index (χ2n) is 5.03. The van der Waals surface area contributed by atoms with Gasteiger partial charge in [0, 0.05) is 10.0 Å². The van der Waals surface area contributed by atoms with E-state index in [1.54, 1.807) is 0 Å². The lowest BCUT2D eigenvalue weighted by Crippen LogP contribution is -2.14. The molecule has 116 valence electrons. The van der Waals surface area contributed by atoms with Crippen LogP contribution in [0, 0.1) is 6.92 Å². The summed E-state index contributed by atoms with van der Waals surface area (Å²) in [7, 11) is 0. The molecule has 0 unspecified atom stereocenters. The lowest BCUT2D eigenvalue weighted by atomic mass is 10.1. The molecule has 1 N–H and O–H groups in total. The third-order valence-electron chi connectivity index (χ3n) is 3.31. The van der Waals surface area contributed by atoms with Gasteiger partial charge in [-0.1, -0.05) is 41.6 Å². The fourth-order valence-corrected chi connectivity index (χ4v) is 2.54. The van der Waals surface area contributed by atoms with Crippen molar-refractivity contribution in [3.05, 3.63) is 64.5 Å². The highest BCUT2D eigenvalue weighted by atomic mass is 79.9. The van der Waals surface area contributed by atoms with Gasteiger partial charge in [-0.15, -0.1) is 0 Å². The molecule has 5 nitrogen and oxygen atoms in total. The second-order valence-corrected chi connectivity index (χ2v) is 5.89. The van der Waals surface area contributed by atoms with Gasteiger partial charge in [0.1, 0.15) is 6.42 Å². The molecule has 0 aliphatic carbocycles. The predicted octanol–water partition coefficient (Wildman–Crippen LogP) is 3.99. The van der Waals surface area contributed by atoms with E-state index in [9.17, 15) is 4.79 Å². The average molecular weight is 372 g/mol. The van der Waals surface area contributed by atoms with Crippen molar-refractivity contribution in [1.29, 1.82) is 0 Å². The molecule has 0 fully saturated rings. The number of benzene rings is 2. The van der Waals surface area contributed by atoms with E-state index < -0.39 is 0 Å². The van der Waals surface area contributed by atoms with Gasteiger partial charge in [-0.2, -0.15) is 4.98 Å². The number of rotatable bonds is 4. The highest BCUT2D eigenvalue weighted by Gasteiger charge is 2.14. The number of anilines is 1. The highest BCUT2D eigenvalue weighted by molar-refractivity contribution is 9.10. The van der Waals surface area contributed by atoms with Crippen molar-refractivity contribution in [2.24, 2.45) is 0 Å². The number of nitrogens with zero attached hydrogens (tertiary/aromatic N) is 2. The zero-order valence-electron chi connectivity index (χ0n) is 12.4. The van der Waals surface area contributed by atoms with Crippen LogP contribution in [0.1, 0.15) is 11.5 Å². The number of nitrogens with one attached hydrogen (secondary N) is 1. The van der Waals surface area contributed by atoms with E-state index >= 15 is 0 Å². The van der Waals surface area contributed by atoms with Crippen molar-refractivity contribution in [3.8, 4) is 11.4 Å². The number of carbonyl (C=O) groups is 1. The molecular weight excluding hydrogens is 358 g/mol. The monoisotopic (exact) mass is 371 g/mol. The second kappa shape index (κ2) is 6.75. The van der Waals surface area contributed by atoms with Crippen LogP contribution in [-0.2, 0) is 11.2 Å². The van der Waals surface area contributed by atoms with E-state index in [0.29, 0.717) is 11.5 Å². The molecule has 2 aromatic carbocycles. The third kappa shape index (κ3) is 3.65. The first kappa shape index (κ1) is 15.4. The topological polar surface area (TPSA) is 68.0 Å². The first-order chi connectivity index (χ1) is 11.1. The van der Waals surface area contributed by atoms with Crippen LogP contribution in [0.4, 0.5) is 5.69 Å². The number of hydrogen-bond acceptors (Lipinski definition) is 4. The molecule has 6 heteroatoms. The number of hydrogen-bond donors (Lipinski definition) is 1. The Hall–Kier alpha value is -2.47. The van der Waals surface area contributed by atoms with E-state index in [1.165, 1.54) is 0 Å². The predicted molar refractivity (Wildman–Crippen MR) is 90.9 cm³/mol. The van der Waals surface area contributed by atoms with Gasteiger partial charge in [0.2, 0.25) is 17.6 Å². The van der Waals surface area contributed by atoms with Gasteiger partial charge in [-0.3, -0.25) is 4.79 Å². The summed E-state index contributed by atoms with van der Waals surface area (Å²) in [5, 5.41) is 6.76. The minimum absolute atomic E-state index is 0.0280. The Morgan fingerprint density at radius 1 is 1.17 bits per heavy atom. The molecule has 0 saturated carbocycles.